The Labute approximate surface area is 87.3 Å². The number of carbonyl (C=O) groups is 1. The molecule has 0 saturated carbocycles. The van der Waals surface area contributed by atoms with Crippen molar-refractivity contribution < 1.29 is 4.79 Å². The highest BCUT2D eigenvalue weighted by Gasteiger charge is 2.11. The smallest absolute Gasteiger partial charge is 0.150 e. The summed E-state index contributed by atoms with van der Waals surface area (Å²) in [7, 11) is 0. The van der Waals surface area contributed by atoms with Gasteiger partial charge in [0.15, 0.2) is 0 Å². The lowest BCUT2D eigenvalue weighted by Gasteiger charge is -2.14. The molecule has 1 atom stereocenters. The third-order valence-corrected chi connectivity index (χ3v) is 2.62. The summed E-state index contributed by atoms with van der Waals surface area (Å²) in [6, 6.07) is 0. The first kappa shape index (κ1) is 10.5. The molecule has 0 heterocycles. The van der Waals surface area contributed by atoms with Gasteiger partial charge in [-0.15, -0.1) is 0 Å². The second-order valence-electron chi connectivity index (χ2n) is 3.26. The lowest BCUT2D eigenvalue weighted by Crippen LogP contribution is -2.00. The van der Waals surface area contributed by atoms with Gasteiger partial charge in [-0.05, 0) is 35.4 Å². The maximum absolute atomic E-state index is 10.7. The Bertz CT molecular complexity index is 297. The summed E-state index contributed by atoms with van der Waals surface area (Å²) >= 11 is 3.47. The van der Waals surface area contributed by atoms with Crippen molar-refractivity contribution in [2.45, 2.75) is 20.3 Å². The molecular formula is C11H13BrO. The van der Waals surface area contributed by atoms with Gasteiger partial charge in [0.05, 0.1) is 0 Å². The molecule has 0 aromatic rings. The quantitative estimate of drug-likeness (QED) is 0.535. The van der Waals surface area contributed by atoms with Crippen molar-refractivity contribution in [3.63, 3.8) is 0 Å². The molecule has 1 aliphatic carbocycles. The van der Waals surface area contributed by atoms with Crippen molar-refractivity contribution in [1.29, 1.82) is 0 Å². The fourth-order valence-electron chi connectivity index (χ4n) is 1.43. The fraction of sp³-hybridized carbons (Fsp3) is 0.364. The van der Waals surface area contributed by atoms with Gasteiger partial charge in [-0.2, -0.15) is 0 Å². The van der Waals surface area contributed by atoms with Crippen LogP contribution < -0.4 is 0 Å². The van der Waals surface area contributed by atoms with Gasteiger partial charge in [-0.1, -0.05) is 35.0 Å². The highest BCUT2D eigenvalue weighted by atomic mass is 79.9. The van der Waals surface area contributed by atoms with E-state index in [4.69, 9.17) is 0 Å². The van der Waals surface area contributed by atoms with Crippen molar-refractivity contribution >= 4 is 22.2 Å². The van der Waals surface area contributed by atoms with Crippen LogP contribution in [-0.4, -0.2) is 6.29 Å². The molecule has 0 amide bonds. The number of halogens is 1. The summed E-state index contributed by atoms with van der Waals surface area (Å²) in [4.78, 5) is 10.7. The average molecular weight is 241 g/mol. The molecule has 0 N–H and O–H groups in total. The lowest BCUT2D eigenvalue weighted by atomic mass is 9.94. The molecule has 0 aliphatic heterocycles. The van der Waals surface area contributed by atoms with Crippen molar-refractivity contribution in [2.75, 3.05) is 0 Å². The predicted octanol–water partition coefficient (Wildman–Crippen LogP) is 3.38. The van der Waals surface area contributed by atoms with Crippen LogP contribution in [0.4, 0.5) is 0 Å². The minimum Gasteiger partial charge on any atom is -0.298 e. The van der Waals surface area contributed by atoms with E-state index in [9.17, 15) is 4.79 Å². The first-order valence-corrected chi connectivity index (χ1v) is 5.16. The molecule has 1 aliphatic rings. The van der Waals surface area contributed by atoms with E-state index in [-0.39, 0.29) is 0 Å². The van der Waals surface area contributed by atoms with E-state index >= 15 is 0 Å². The van der Waals surface area contributed by atoms with Gasteiger partial charge in [-0.3, -0.25) is 4.79 Å². The Morgan fingerprint density at radius 3 is 2.85 bits per heavy atom. The number of hydrogen-bond acceptors (Lipinski definition) is 1. The van der Waals surface area contributed by atoms with E-state index in [2.05, 4.69) is 28.9 Å². The Kier molecular flexibility index (Phi) is 3.67. The third kappa shape index (κ3) is 2.66. The number of aldehydes is 1. The van der Waals surface area contributed by atoms with E-state index in [1.165, 1.54) is 4.48 Å². The molecular weight excluding hydrogens is 228 g/mol. The number of carbonyl (C=O) groups excluding carboxylic acids is 1. The summed E-state index contributed by atoms with van der Waals surface area (Å²) in [6.45, 7) is 4.03. The van der Waals surface area contributed by atoms with Crippen molar-refractivity contribution in [2.24, 2.45) is 5.92 Å². The van der Waals surface area contributed by atoms with E-state index in [0.29, 0.717) is 5.92 Å². The van der Waals surface area contributed by atoms with E-state index < -0.39 is 0 Å². The molecule has 1 unspecified atom stereocenters. The first-order chi connectivity index (χ1) is 6.17. The Hall–Kier alpha value is -0.630. The van der Waals surface area contributed by atoms with Crippen LogP contribution in [0.25, 0.3) is 0 Å². The summed E-state index contributed by atoms with van der Waals surface area (Å²) < 4.78 is 1.17. The van der Waals surface area contributed by atoms with Gasteiger partial charge < -0.3 is 0 Å². The van der Waals surface area contributed by atoms with E-state index in [1.54, 1.807) is 0 Å². The molecule has 0 fully saturated rings. The third-order valence-electron chi connectivity index (χ3n) is 2.06. The van der Waals surface area contributed by atoms with Crippen LogP contribution in [-0.2, 0) is 4.79 Å². The molecule has 0 aromatic heterocycles. The topological polar surface area (TPSA) is 17.1 Å². The molecule has 70 valence electrons. The molecule has 0 bridgehead atoms. The van der Waals surface area contributed by atoms with Crippen LogP contribution in [0.5, 0.6) is 0 Å². The van der Waals surface area contributed by atoms with Gasteiger partial charge in [-0.25, -0.2) is 0 Å². The molecule has 0 radical (unpaired) electrons. The van der Waals surface area contributed by atoms with Crippen LogP contribution in [0, 0.1) is 5.92 Å². The van der Waals surface area contributed by atoms with Gasteiger partial charge >= 0.3 is 0 Å². The van der Waals surface area contributed by atoms with Crippen LogP contribution in [0.15, 0.2) is 33.9 Å². The lowest BCUT2D eigenvalue weighted by molar-refractivity contribution is -0.104. The van der Waals surface area contributed by atoms with Crippen molar-refractivity contribution in [1.82, 2.24) is 0 Å². The largest absolute Gasteiger partial charge is 0.298 e. The standard InChI is InChI=1S/C11H13BrO/c1-3-9(7-13)10-4-8(2)5-11(12)6-10/h3-4,6-8H,5H2,1-2H3/b9-3+. The number of rotatable bonds is 2. The van der Waals surface area contributed by atoms with Crippen molar-refractivity contribution in [3.05, 3.63) is 33.9 Å². The minimum atomic E-state index is 0.504. The Morgan fingerprint density at radius 2 is 2.38 bits per heavy atom. The summed E-state index contributed by atoms with van der Waals surface area (Å²) in [5.41, 5.74) is 1.80. The highest BCUT2D eigenvalue weighted by molar-refractivity contribution is 9.11. The Morgan fingerprint density at radius 1 is 1.69 bits per heavy atom. The predicted molar refractivity (Wildman–Crippen MR) is 58.7 cm³/mol. The maximum Gasteiger partial charge on any atom is 0.150 e. The van der Waals surface area contributed by atoms with Crippen molar-refractivity contribution in [3.8, 4) is 0 Å². The second kappa shape index (κ2) is 4.56. The Balaban J connectivity index is 2.97. The fourth-order valence-corrected chi connectivity index (χ4v) is 2.19. The van der Waals surface area contributed by atoms with Crippen LogP contribution >= 0.6 is 15.9 Å². The summed E-state index contributed by atoms with van der Waals surface area (Å²) in [5.74, 6) is 0.504. The zero-order valence-electron chi connectivity index (χ0n) is 7.88. The molecule has 1 nitrogen and oxygen atoms in total. The molecule has 0 aromatic carbocycles. The summed E-state index contributed by atoms with van der Waals surface area (Å²) in [5, 5.41) is 0. The number of hydrogen-bond donors (Lipinski definition) is 0. The number of allylic oxidation sites excluding steroid dienone is 6. The molecule has 1 rings (SSSR count). The SMILES string of the molecule is C/C=C(\C=O)C1=CC(C)CC(Br)=C1. The highest BCUT2D eigenvalue weighted by Crippen LogP contribution is 2.28. The first-order valence-electron chi connectivity index (χ1n) is 4.37. The average Bonchev–Trinajstić information content (AvgIpc) is 2.04. The van der Waals surface area contributed by atoms with Gasteiger partial charge in [0, 0.05) is 5.57 Å². The zero-order chi connectivity index (χ0) is 9.84. The van der Waals surface area contributed by atoms with Gasteiger partial charge in [0.2, 0.25) is 0 Å². The van der Waals surface area contributed by atoms with Crippen LogP contribution in [0.2, 0.25) is 0 Å². The van der Waals surface area contributed by atoms with Gasteiger partial charge in [0.1, 0.15) is 6.29 Å². The summed E-state index contributed by atoms with van der Waals surface area (Å²) in [6.07, 6.45) is 7.92. The minimum absolute atomic E-state index is 0.504. The van der Waals surface area contributed by atoms with Gasteiger partial charge in [0.25, 0.3) is 0 Å². The van der Waals surface area contributed by atoms with Crippen LogP contribution in [0.1, 0.15) is 20.3 Å². The molecule has 2 heteroatoms. The normalized spacial score (nSPS) is 23.6. The molecule has 13 heavy (non-hydrogen) atoms. The van der Waals surface area contributed by atoms with E-state index in [0.717, 1.165) is 23.9 Å². The second-order valence-corrected chi connectivity index (χ2v) is 4.28. The van der Waals surface area contributed by atoms with E-state index in [1.807, 2.05) is 19.1 Å². The molecule has 0 spiro atoms. The van der Waals surface area contributed by atoms with Crippen LogP contribution in [0.3, 0.4) is 0 Å². The molecule has 0 saturated heterocycles. The zero-order valence-corrected chi connectivity index (χ0v) is 9.47. The maximum atomic E-state index is 10.7. The monoisotopic (exact) mass is 240 g/mol.